The minimum Gasteiger partial charge on any atom is -0.385 e. The largest absolute Gasteiger partial charge is 0.385 e. The minimum atomic E-state index is -2.84. The van der Waals surface area contributed by atoms with Crippen molar-refractivity contribution in [1.82, 2.24) is 16.0 Å². The van der Waals surface area contributed by atoms with Gasteiger partial charge >= 0.3 is 0 Å². The minimum absolute atomic E-state index is 0.107. The van der Waals surface area contributed by atoms with Gasteiger partial charge in [-0.3, -0.25) is 0 Å². The molecule has 1 saturated carbocycles. The van der Waals surface area contributed by atoms with E-state index in [-0.39, 0.29) is 29.6 Å². The Kier molecular flexibility index (Phi) is 6.47. The number of aryl methyl sites for hydroxylation is 1. The normalized spacial score (nSPS) is 27.6. The highest BCUT2D eigenvalue weighted by Gasteiger charge is 2.43. The lowest BCUT2D eigenvalue weighted by atomic mass is 9.84. The summed E-state index contributed by atoms with van der Waals surface area (Å²) in [4.78, 5) is 0.782. The van der Waals surface area contributed by atoms with Crippen LogP contribution in [0.4, 0.5) is 8.78 Å². The van der Waals surface area contributed by atoms with Gasteiger partial charge in [-0.2, -0.15) is 0 Å². The van der Waals surface area contributed by atoms with Gasteiger partial charge in [0, 0.05) is 42.0 Å². The fraction of sp³-hybridized carbons (Fsp3) is 0.480. The quantitative estimate of drug-likeness (QED) is 0.541. The zero-order valence-electron chi connectivity index (χ0n) is 18.1. The number of nitrogens with one attached hydrogen (secondary N) is 3. The lowest BCUT2D eigenvalue weighted by Crippen LogP contribution is -2.46. The van der Waals surface area contributed by atoms with Crippen LogP contribution < -0.4 is 16.0 Å². The van der Waals surface area contributed by atoms with Crippen LogP contribution in [-0.2, 0) is 6.42 Å². The topological polar surface area (TPSA) is 36.1 Å². The molecule has 1 aliphatic heterocycles. The Bertz CT molecular complexity index is 898. The third-order valence-electron chi connectivity index (χ3n) is 6.57. The van der Waals surface area contributed by atoms with Crippen LogP contribution >= 0.6 is 12.2 Å². The number of alkyl halides is 2. The van der Waals surface area contributed by atoms with Gasteiger partial charge in [-0.15, -0.1) is 0 Å². The molecule has 1 aromatic carbocycles. The molecule has 0 amide bonds. The van der Waals surface area contributed by atoms with Gasteiger partial charge < -0.3 is 16.0 Å². The second-order valence-electron chi connectivity index (χ2n) is 8.89. The summed E-state index contributed by atoms with van der Waals surface area (Å²) in [6, 6.07) is 8.82. The van der Waals surface area contributed by atoms with Crippen molar-refractivity contribution in [2.24, 2.45) is 5.92 Å². The molecule has 4 rings (SSSR count). The summed E-state index contributed by atoms with van der Waals surface area (Å²) < 4.78 is 28.3. The molecule has 2 aliphatic carbocycles. The highest BCUT2D eigenvalue weighted by molar-refractivity contribution is 7.80. The summed E-state index contributed by atoms with van der Waals surface area (Å²) in [6.45, 7) is 3.12. The van der Waals surface area contributed by atoms with Crippen LogP contribution in [0.25, 0.3) is 0 Å². The highest BCUT2D eigenvalue weighted by Crippen LogP contribution is 2.40. The van der Waals surface area contributed by atoms with E-state index in [1.807, 2.05) is 18.2 Å². The Labute approximate surface area is 189 Å². The summed E-state index contributed by atoms with van der Waals surface area (Å²) in [5.41, 5.74) is 3.38. The number of hydrogen-bond acceptors (Lipinski definition) is 3. The number of benzene rings is 1. The molecule has 166 valence electrons. The van der Waals surface area contributed by atoms with Crippen molar-refractivity contribution in [3.63, 3.8) is 0 Å². The van der Waals surface area contributed by atoms with Crippen molar-refractivity contribution >= 4 is 17.2 Å². The Morgan fingerprint density at radius 3 is 2.65 bits per heavy atom. The molecule has 1 heterocycles. The zero-order chi connectivity index (χ0) is 22.0. The Hall–Kier alpha value is -2.21. The first-order chi connectivity index (χ1) is 14.8. The molecule has 3 N–H and O–H groups in total. The standard InChI is InChI=1S/C25H31F2N3S/c1-3-16-10-12-17(13-11-16)24(31)30-19-7-4-6-18(14-19)29-22-9-5-8-21-23(22)20(15-28-21)25(2,26)27/h5,8-13,15,18-19,21,23,28-29H,3-4,6-7,14H2,1-2H3,(H,30,31). The van der Waals surface area contributed by atoms with E-state index in [4.69, 9.17) is 12.2 Å². The van der Waals surface area contributed by atoms with E-state index in [1.165, 1.54) is 11.8 Å². The van der Waals surface area contributed by atoms with E-state index in [1.54, 1.807) is 0 Å². The number of thiocarbonyl (C=S) groups is 1. The van der Waals surface area contributed by atoms with Gasteiger partial charge in [0.2, 0.25) is 0 Å². The predicted octanol–water partition coefficient (Wildman–Crippen LogP) is 5.00. The third kappa shape index (κ3) is 5.00. The van der Waals surface area contributed by atoms with Gasteiger partial charge in [0.05, 0.1) is 12.0 Å². The van der Waals surface area contributed by atoms with Gasteiger partial charge in [-0.1, -0.05) is 55.6 Å². The van der Waals surface area contributed by atoms with Gasteiger partial charge in [-0.05, 0) is 43.7 Å². The number of allylic oxidation sites excluding steroid dienone is 2. The van der Waals surface area contributed by atoms with Crippen molar-refractivity contribution < 1.29 is 8.78 Å². The summed E-state index contributed by atoms with van der Waals surface area (Å²) in [5.74, 6) is -3.18. The van der Waals surface area contributed by atoms with Crippen molar-refractivity contribution in [2.75, 3.05) is 0 Å². The maximum atomic E-state index is 14.2. The summed E-state index contributed by atoms with van der Waals surface area (Å²) in [7, 11) is 0. The van der Waals surface area contributed by atoms with E-state index >= 15 is 0 Å². The number of halogens is 2. The summed E-state index contributed by atoms with van der Waals surface area (Å²) in [5, 5.41) is 10.2. The molecule has 3 nitrogen and oxygen atoms in total. The van der Waals surface area contributed by atoms with Crippen molar-refractivity contribution in [3.05, 3.63) is 71.1 Å². The number of rotatable bonds is 6. The first-order valence-electron chi connectivity index (χ1n) is 11.2. The van der Waals surface area contributed by atoms with Gasteiger partial charge in [0.15, 0.2) is 0 Å². The highest BCUT2D eigenvalue weighted by atomic mass is 32.1. The maximum Gasteiger partial charge on any atom is 0.269 e. The van der Waals surface area contributed by atoms with Crippen LogP contribution in [0.5, 0.6) is 0 Å². The average molecular weight is 444 g/mol. The predicted molar refractivity (Wildman–Crippen MR) is 126 cm³/mol. The molecule has 31 heavy (non-hydrogen) atoms. The summed E-state index contributed by atoms with van der Waals surface area (Å²) >= 11 is 5.65. The smallest absolute Gasteiger partial charge is 0.269 e. The lowest BCUT2D eigenvalue weighted by molar-refractivity contribution is 0.0546. The zero-order valence-corrected chi connectivity index (χ0v) is 18.9. The van der Waals surface area contributed by atoms with Crippen LogP contribution in [0.1, 0.15) is 50.7 Å². The van der Waals surface area contributed by atoms with Crippen LogP contribution in [0.15, 0.2) is 60.0 Å². The molecule has 4 unspecified atom stereocenters. The molecule has 4 atom stereocenters. The van der Waals surface area contributed by atoms with Crippen LogP contribution in [-0.4, -0.2) is 29.0 Å². The molecule has 1 fully saturated rings. The molecule has 1 aromatic rings. The fourth-order valence-electron chi connectivity index (χ4n) is 4.86. The second-order valence-corrected chi connectivity index (χ2v) is 9.30. The second kappa shape index (κ2) is 9.11. The monoisotopic (exact) mass is 443 g/mol. The van der Waals surface area contributed by atoms with Gasteiger partial charge in [-0.25, -0.2) is 8.78 Å². The molecule has 0 bridgehead atoms. The SMILES string of the molecule is CCc1ccc(C(=S)NC2CCCC(NC3=CC=CC4NC=C(C(C)(F)F)C34)C2)cc1. The molecular weight excluding hydrogens is 412 g/mol. The van der Waals surface area contributed by atoms with Crippen LogP contribution in [0.2, 0.25) is 0 Å². The Balaban J connectivity index is 1.38. The fourth-order valence-corrected chi connectivity index (χ4v) is 5.16. The van der Waals surface area contributed by atoms with E-state index in [0.717, 1.165) is 55.3 Å². The molecule has 0 aromatic heterocycles. The number of hydrogen-bond donors (Lipinski definition) is 3. The summed E-state index contributed by atoms with van der Waals surface area (Å²) in [6.07, 6.45) is 12.5. The molecule has 0 spiro atoms. The molecular formula is C25H31F2N3S. The molecule has 0 saturated heterocycles. The van der Waals surface area contributed by atoms with E-state index < -0.39 is 5.92 Å². The van der Waals surface area contributed by atoms with Gasteiger partial charge in [0.1, 0.15) is 4.99 Å². The van der Waals surface area contributed by atoms with Crippen LogP contribution in [0, 0.1) is 5.92 Å². The van der Waals surface area contributed by atoms with Crippen molar-refractivity contribution in [2.45, 2.75) is 70.0 Å². The maximum absolute atomic E-state index is 14.2. The lowest BCUT2D eigenvalue weighted by Gasteiger charge is -2.36. The first-order valence-corrected chi connectivity index (χ1v) is 11.6. The average Bonchev–Trinajstić information content (AvgIpc) is 3.20. The third-order valence-corrected chi connectivity index (χ3v) is 6.92. The Morgan fingerprint density at radius 1 is 1.19 bits per heavy atom. The van der Waals surface area contributed by atoms with Crippen molar-refractivity contribution in [1.29, 1.82) is 0 Å². The van der Waals surface area contributed by atoms with E-state index in [2.05, 4.69) is 47.1 Å². The van der Waals surface area contributed by atoms with Crippen molar-refractivity contribution in [3.8, 4) is 0 Å². The Morgan fingerprint density at radius 2 is 1.94 bits per heavy atom. The van der Waals surface area contributed by atoms with Crippen LogP contribution in [0.3, 0.4) is 0 Å². The molecule has 0 radical (unpaired) electrons. The van der Waals surface area contributed by atoms with Gasteiger partial charge in [0.25, 0.3) is 5.92 Å². The number of fused-ring (bicyclic) bond motifs is 1. The van der Waals surface area contributed by atoms with E-state index in [0.29, 0.717) is 0 Å². The molecule has 6 heteroatoms. The van der Waals surface area contributed by atoms with E-state index in [9.17, 15) is 8.78 Å². The first kappa shape index (κ1) is 22.0. The molecule has 3 aliphatic rings.